The molecule has 0 amide bonds. The standard InChI is InChI=1S/C21H25.C12H17.C5H9.C5H5.CH2.2ClH.Hf/c1-20(2,3)16-7-9-18-14(12-16)11-15-13-17(21(4,5)6)8-10-19(15)18;1-9(2)11-6-5-7-12(8-11)10(3)4;2*1-2-4-5-3-1;;;;/h7-13H,1-6H3;6-10H,1-4H3;1H,2-5H2;1-5H;1H2;2*1H;. The first-order valence-corrected chi connectivity index (χ1v) is 28.4. The van der Waals surface area contributed by atoms with Crippen molar-refractivity contribution in [2.24, 2.45) is 0 Å². The summed E-state index contributed by atoms with van der Waals surface area (Å²) in [4.78, 5) is 0. The van der Waals surface area contributed by atoms with Gasteiger partial charge in [-0.3, -0.25) is 0 Å². The van der Waals surface area contributed by atoms with E-state index in [2.05, 4.69) is 148 Å². The topological polar surface area (TPSA) is 0 Å². The van der Waals surface area contributed by atoms with E-state index in [9.17, 15) is 0 Å². The van der Waals surface area contributed by atoms with Crippen LogP contribution in [0.1, 0.15) is 144 Å². The fourth-order valence-electron chi connectivity index (χ4n) is 9.41. The van der Waals surface area contributed by atoms with Crippen molar-refractivity contribution < 1.29 is 18.0 Å². The molecule has 0 bridgehead atoms. The van der Waals surface area contributed by atoms with Crippen LogP contribution in [0.3, 0.4) is 0 Å². The predicted octanol–water partition coefficient (Wildman–Crippen LogP) is 13.2. The summed E-state index contributed by atoms with van der Waals surface area (Å²) < 4.78 is 9.11. The zero-order valence-electron chi connectivity index (χ0n) is 30.7. The number of hydrogen-bond donors (Lipinski definition) is 0. The maximum absolute atomic E-state index is 6.02. The Bertz CT molecular complexity index is 1650. The summed E-state index contributed by atoms with van der Waals surface area (Å²) in [5.41, 5.74) is 12.1. The van der Waals surface area contributed by atoms with Gasteiger partial charge in [-0.15, -0.1) is 24.8 Å². The summed E-state index contributed by atoms with van der Waals surface area (Å²) in [6.45, 7) is 23.8. The summed E-state index contributed by atoms with van der Waals surface area (Å²) in [5, 5.41) is 0. The van der Waals surface area contributed by atoms with Gasteiger partial charge in [0.2, 0.25) is 0 Å². The minimum atomic E-state index is -4.72. The Balaban J connectivity index is 0.00000250. The van der Waals surface area contributed by atoms with Gasteiger partial charge in [0, 0.05) is 0 Å². The quantitative estimate of drug-likeness (QED) is 0.217. The van der Waals surface area contributed by atoms with Crippen molar-refractivity contribution in [3.63, 3.8) is 0 Å². The average Bonchev–Trinajstić information content (AvgIpc) is 3.76. The molecule has 0 saturated heterocycles. The Hall–Kier alpha value is -1.54. The summed E-state index contributed by atoms with van der Waals surface area (Å²) in [6.07, 6.45) is 15.2. The molecule has 1 fully saturated rings. The van der Waals surface area contributed by atoms with Crippen molar-refractivity contribution >= 4 is 32.4 Å². The van der Waals surface area contributed by atoms with Crippen LogP contribution in [0.4, 0.5) is 0 Å². The third-order valence-electron chi connectivity index (χ3n) is 12.3. The second-order valence-corrected chi connectivity index (χ2v) is 39.6. The second-order valence-electron chi connectivity index (χ2n) is 17.7. The van der Waals surface area contributed by atoms with E-state index in [4.69, 9.17) is 4.26 Å². The van der Waals surface area contributed by atoms with Crippen LogP contribution in [-0.2, 0) is 28.8 Å². The molecule has 0 nitrogen and oxygen atoms in total. The van der Waals surface area contributed by atoms with E-state index < -0.39 is 18.0 Å². The van der Waals surface area contributed by atoms with Crippen LogP contribution < -0.4 is 3.32 Å². The van der Waals surface area contributed by atoms with E-state index in [1.807, 2.05) is 0 Å². The van der Waals surface area contributed by atoms with Crippen molar-refractivity contribution in [2.45, 2.75) is 129 Å². The van der Waals surface area contributed by atoms with E-state index >= 15 is 0 Å². The summed E-state index contributed by atoms with van der Waals surface area (Å²) in [6, 6.07) is 23.0. The van der Waals surface area contributed by atoms with Crippen LogP contribution in [0.5, 0.6) is 0 Å². The molecule has 0 aromatic heterocycles. The Morgan fingerprint density at radius 3 is 1.45 bits per heavy atom. The molecule has 254 valence electrons. The SMILES string of the molecule is Cl.Cl.[CH2]=[Hf]([c]1cc(C(C)C)cc(C(C)C)c1)([CH]1C=CC=C1)([CH]1CCCC1)[CH]1c2cc(C(C)(C)C)ccc2-c2ccc(C(C)(C)C)cc21. The van der Waals surface area contributed by atoms with E-state index in [-0.39, 0.29) is 35.6 Å². The molecule has 6 rings (SSSR count). The fourth-order valence-corrected chi connectivity index (χ4v) is 39.9. The van der Waals surface area contributed by atoms with Crippen LogP contribution in [-0.4, -0.2) is 4.26 Å². The van der Waals surface area contributed by atoms with Crippen molar-refractivity contribution in [1.29, 1.82) is 0 Å². The monoisotopic (exact) mass is 838 g/mol. The Morgan fingerprint density at radius 1 is 0.638 bits per heavy atom. The summed E-state index contributed by atoms with van der Waals surface area (Å²) in [5.74, 6) is 0.969. The van der Waals surface area contributed by atoms with Gasteiger partial charge in [-0.05, 0) is 0 Å². The molecule has 3 aliphatic carbocycles. The summed E-state index contributed by atoms with van der Waals surface area (Å²) >= 11 is -4.72. The predicted molar refractivity (Wildman–Crippen MR) is 211 cm³/mol. The minimum absolute atomic E-state index is 0. The first-order valence-electron chi connectivity index (χ1n) is 17.9. The van der Waals surface area contributed by atoms with Crippen molar-refractivity contribution in [2.75, 3.05) is 0 Å². The van der Waals surface area contributed by atoms with Gasteiger partial charge in [-0.2, -0.15) is 0 Å². The first-order chi connectivity index (χ1) is 21.0. The van der Waals surface area contributed by atoms with Crippen molar-refractivity contribution in [3.05, 3.63) is 112 Å². The van der Waals surface area contributed by atoms with E-state index in [0.717, 1.165) is 0 Å². The van der Waals surface area contributed by atoms with Crippen LogP contribution >= 0.6 is 24.8 Å². The van der Waals surface area contributed by atoms with Gasteiger partial charge in [-0.25, -0.2) is 0 Å². The molecule has 0 aliphatic heterocycles. The summed E-state index contributed by atoms with van der Waals surface area (Å²) in [7, 11) is 0. The molecule has 47 heavy (non-hydrogen) atoms. The zero-order chi connectivity index (χ0) is 32.6. The Labute approximate surface area is 300 Å². The van der Waals surface area contributed by atoms with Gasteiger partial charge >= 0.3 is 278 Å². The number of fused-ring (bicyclic) bond motifs is 3. The molecule has 0 spiro atoms. The number of halogens is 2. The van der Waals surface area contributed by atoms with E-state index in [1.54, 1.807) is 14.4 Å². The number of allylic oxidation sites excluding steroid dienone is 4. The van der Waals surface area contributed by atoms with Gasteiger partial charge < -0.3 is 0 Å². The molecular formula is C44H60Cl2Hf. The van der Waals surface area contributed by atoms with Crippen molar-refractivity contribution in [3.8, 4) is 11.1 Å². The number of benzene rings is 3. The van der Waals surface area contributed by atoms with E-state index in [1.165, 1.54) is 59.1 Å². The molecule has 3 aliphatic rings. The van der Waals surface area contributed by atoms with Gasteiger partial charge in [0.25, 0.3) is 0 Å². The maximum atomic E-state index is 6.02. The molecule has 0 atom stereocenters. The second kappa shape index (κ2) is 13.3. The van der Waals surface area contributed by atoms with Crippen LogP contribution in [0.2, 0.25) is 7.35 Å². The molecule has 0 radical (unpaired) electrons. The third-order valence-corrected chi connectivity index (χ3v) is 41.6. The van der Waals surface area contributed by atoms with Crippen LogP contribution in [0.25, 0.3) is 11.1 Å². The molecule has 3 aromatic rings. The number of rotatable bonds is 6. The fraction of sp³-hybridized carbons (Fsp3) is 0.477. The number of hydrogen-bond acceptors (Lipinski definition) is 0. The normalized spacial score (nSPS) is 17.3. The van der Waals surface area contributed by atoms with Crippen LogP contribution in [0.15, 0.2) is 78.9 Å². The molecule has 0 heterocycles. The Morgan fingerprint density at radius 2 is 1.06 bits per heavy atom. The third kappa shape index (κ3) is 6.12. The molecule has 3 aromatic carbocycles. The molecule has 0 unspecified atom stereocenters. The molecular weight excluding hydrogens is 778 g/mol. The van der Waals surface area contributed by atoms with Gasteiger partial charge in [-0.1, -0.05) is 0 Å². The van der Waals surface area contributed by atoms with Crippen molar-refractivity contribution in [1.82, 2.24) is 0 Å². The van der Waals surface area contributed by atoms with Gasteiger partial charge in [0.05, 0.1) is 0 Å². The first kappa shape index (κ1) is 38.3. The van der Waals surface area contributed by atoms with Gasteiger partial charge in [0.1, 0.15) is 0 Å². The van der Waals surface area contributed by atoms with E-state index in [0.29, 0.717) is 22.9 Å². The van der Waals surface area contributed by atoms with Crippen LogP contribution in [0, 0.1) is 0 Å². The molecule has 3 heteroatoms. The molecule has 1 saturated carbocycles. The zero-order valence-corrected chi connectivity index (χ0v) is 36.0. The van der Waals surface area contributed by atoms with Gasteiger partial charge in [0.15, 0.2) is 0 Å². The molecule has 0 N–H and O–H groups in total. The average molecular weight is 838 g/mol. The Kier molecular flexibility index (Phi) is 10.8.